The number of rotatable bonds is 4. The van der Waals surface area contributed by atoms with Crippen LogP contribution in [0.25, 0.3) is 16.7 Å². The van der Waals surface area contributed by atoms with Crippen molar-refractivity contribution in [2.45, 2.75) is 13.5 Å². The molecule has 1 N–H and O–H groups in total. The van der Waals surface area contributed by atoms with Gasteiger partial charge in [-0.25, -0.2) is 4.98 Å². The van der Waals surface area contributed by atoms with E-state index in [2.05, 4.69) is 27.0 Å². The SMILES string of the molecule is Cc1nc2cc(C(=O)NCc3ccccc3)ccc2n1-c1ccccc1. The highest BCUT2D eigenvalue weighted by molar-refractivity contribution is 5.97. The van der Waals surface area contributed by atoms with E-state index in [1.54, 1.807) is 0 Å². The van der Waals surface area contributed by atoms with Gasteiger partial charge in [0.1, 0.15) is 5.82 Å². The van der Waals surface area contributed by atoms with Crippen molar-refractivity contribution in [1.82, 2.24) is 14.9 Å². The van der Waals surface area contributed by atoms with Gasteiger partial charge in [-0.2, -0.15) is 0 Å². The van der Waals surface area contributed by atoms with Gasteiger partial charge in [0, 0.05) is 17.8 Å². The number of aromatic nitrogens is 2. The molecule has 0 aliphatic heterocycles. The third-order valence-corrected chi connectivity index (χ3v) is 4.39. The summed E-state index contributed by atoms with van der Waals surface area (Å²) in [6, 6.07) is 25.6. The molecule has 4 heteroatoms. The van der Waals surface area contributed by atoms with Crippen molar-refractivity contribution in [1.29, 1.82) is 0 Å². The van der Waals surface area contributed by atoms with Crippen LogP contribution in [0, 0.1) is 6.92 Å². The van der Waals surface area contributed by atoms with Crippen LogP contribution in [-0.4, -0.2) is 15.5 Å². The fraction of sp³-hybridized carbons (Fsp3) is 0.0909. The fourth-order valence-electron chi connectivity index (χ4n) is 3.13. The number of hydrogen-bond donors (Lipinski definition) is 1. The van der Waals surface area contributed by atoms with Crippen LogP contribution in [0.5, 0.6) is 0 Å². The lowest BCUT2D eigenvalue weighted by molar-refractivity contribution is 0.0951. The molecule has 0 saturated heterocycles. The summed E-state index contributed by atoms with van der Waals surface area (Å²) in [7, 11) is 0. The molecule has 0 aliphatic carbocycles. The van der Waals surface area contributed by atoms with Gasteiger partial charge in [0.25, 0.3) is 5.91 Å². The van der Waals surface area contributed by atoms with Crippen LogP contribution in [0.3, 0.4) is 0 Å². The van der Waals surface area contributed by atoms with E-state index in [9.17, 15) is 4.79 Å². The van der Waals surface area contributed by atoms with Crippen LogP contribution >= 0.6 is 0 Å². The second-order valence-electron chi connectivity index (χ2n) is 6.20. The first-order chi connectivity index (χ1) is 12.7. The van der Waals surface area contributed by atoms with E-state index < -0.39 is 0 Å². The fourth-order valence-corrected chi connectivity index (χ4v) is 3.13. The van der Waals surface area contributed by atoms with Gasteiger partial charge >= 0.3 is 0 Å². The van der Waals surface area contributed by atoms with Crippen molar-refractivity contribution in [2.75, 3.05) is 0 Å². The minimum atomic E-state index is -0.0948. The van der Waals surface area contributed by atoms with Crippen molar-refractivity contribution < 1.29 is 4.79 Å². The summed E-state index contributed by atoms with van der Waals surface area (Å²) in [6.07, 6.45) is 0. The van der Waals surface area contributed by atoms with Gasteiger partial charge in [0.15, 0.2) is 0 Å². The number of aryl methyl sites for hydroxylation is 1. The van der Waals surface area contributed by atoms with Crippen LogP contribution in [-0.2, 0) is 6.54 Å². The van der Waals surface area contributed by atoms with Gasteiger partial charge in [0.2, 0.25) is 0 Å². The number of carbonyl (C=O) groups is 1. The zero-order valence-electron chi connectivity index (χ0n) is 14.5. The van der Waals surface area contributed by atoms with E-state index in [0.29, 0.717) is 12.1 Å². The molecule has 4 aromatic rings. The van der Waals surface area contributed by atoms with E-state index in [1.165, 1.54) is 0 Å². The van der Waals surface area contributed by atoms with Crippen LogP contribution in [0.4, 0.5) is 0 Å². The number of nitrogens with zero attached hydrogens (tertiary/aromatic N) is 2. The lowest BCUT2D eigenvalue weighted by atomic mass is 10.1. The van der Waals surface area contributed by atoms with Gasteiger partial charge in [-0.05, 0) is 42.8 Å². The Balaban J connectivity index is 1.61. The third kappa shape index (κ3) is 3.09. The van der Waals surface area contributed by atoms with Crippen LogP contribution < -0.4 is 5.32 Å². The lowest BCUT2D eigenvalue weighted by Gasteiger charge is -2.07. The lowest BCUT2D eigenvalue weighted by Crippen LogP contribution is -2.22. The van der Waals surface area contributed by atoms with Crippen LogP contribution in [0.15, 0.2) is 78.9 Å². The van der Waals surface area contributed by atoms with Crippen LogP contribution in [0.1, 0.15) is 21.7 Å². The van der Waals surface area contributed by atoms with Crippen LogP contribution in [0.2, 0.25) is 0 Å². The molecule has 0 fully saturated rings. The molecule has 128 valence electrons. The Morgan fingerprint density at radius 2 is 1.65 bits per heavy atom. The summed E-state index contributed by atoms with van der Waals surface area (Å²) in [5, 5.41) is 2.96. The molecule has 4 rings (SSSR count). The number of hydrogen-bond acceptors (Lipinski definition) is 2. The summed E-state index contributed by atoms with van der Waals surface area (Å²) in [6.45, 7) is 2.48. The minimum absolute atomic E-state index is 0.0948. The number of amides is 1. The number of para-hydroxylation sites is 1. The molecule has 0 saturated carbocycles. The highest BCUT2D eigenvalue weighted by Gasteiger charge is 2.12. The molecule has 1 amide bonds. The first-order valence-corrected chi connectivity index (χ1v) is 8.59. The first-order valence-electron chi connectivity index (χ1n) is 8.59. The van der Waals surface area contributed by atoms with Gasteiger partial charge < -0.3 is 5.32 Å². The minimum Gasteiger partial charge on any atom is -0.348 e. The van der Waals surface area contributed by atoms with Crippen molar-refractivity contribution >= 4 is 16.9 Å². The van der Waals surface area contributed by atoms with E-state index >= 15 is 0 Å². The maximum absolute atomic E-state index is 12.5. The van der Waals surface area contributed by atoms with Crippen molar-refractivity contribution in [3.8, 4) is 5.69 Å². The largest absolute Gasteiger partial charge is 0.348 e. The molecule has 4 nitrogen and oxygen atoms in total. The number of nitrogens with one attached hydrogen (secondary N) is 1. The molecule has 1 heterocycles. The standard InChI is InChI=1S/C22H19N3O/c1-16-24-20-14-18(22(26)23-15-17-8-4-2-5-9-17)12-13-21(20)25(16)19-10-6-3-7-11-19/h2-14H,15H2,1H3,(H,23,26). The molecule has 0 bridgehead atoms. The van der Waals surface area contributed by atoms with Gasteiger partial charge in [0.05, 0.1) is 11.0 Å². The molecule has 26 heavy (non-hydrogen) atoms. The van der Waals surface area contributed by atoms with E-state index in [0.717, 1.165) is 28.1 Å². The molecular formula is C22H19N3O. The predicted molar refractivity (Wildman–Crippen MR) is 103 cm³/mol. The van der Waals surface area contributed by atoms with E-state index in [4.69, 9.17) is 0 Å². The second-order valence-corrected chi connectivity index (χ2v) is 6.20. The highest BCUT2D eigenvalue weighted by atomic mass is 16.1. The second kappa shape index (κ2) is 6.84. The topological polar surface area (TPSA) is 46.9 Å². The Bertz CT molecular complexity index is 1050. The highest BCUT2D eigenvalue weighted by Crippen LogP contribution is 2.22. The summed E-state index contributed by atoms with van der Waals surface area (Å²) in [5.41, 5.74) is 4.57. The average Bonchev–Trinajstić information content (AvgIpc) is 3.02. The Kier molecular flexibility index (Phi) is 4.23. The summed E-state index contributed by atoms with van der Waals surface area (Å²) >= 11 is 0. The zero-order valence-corrected chi connectivity index (χ0v) is 14.5. The zero-order chi connectivity index (χ0) is 17.9. The Labute approximate surface area is 152 Å². The monoisotopic (exact) mass is 341 g/mol. The number of benzene rings is 3. The number of fused-ring (bicyclic) bond motifs is 1. The maximum Gasteiger partial charge on any atom is 0.251 e. The molecule has 1 aromatic heterocycles. The summed E-state index contributed by atoms with van der Waals surface area (Å²) in [5.74, 6) is 0.802. The summed E-state index contributed by atoms with van der Waals surface area (Å²) < 4.78 is 2.10. The Morgan fingerprint density at radius 1 is 0.962 bits per heavy atom. The van der Waals surface area contributed by atoms with E-state index in [-0.39, 0.29) is 5.91 Å². The average molecular weight is 341 g/mol. The Hall–Kier alpha value is -3.40. The van der Waals surface area contributed by atoms with Crippen molar-refractivity contribution in [2.24, 2.45) is 0 Å². The smallest absolute Gasteiger partial charge is 0.251 e. The van der Waals surface area contributed by atoms with Gasteiger partial charge in [-0.3, -0.25) is 9.36 Å². The number of imidazole rings is 1. The third-order valence-electron chi connectivity index (χ3n) is 4.39. The van der Waals surface area contributed by atoms with E-state index in [1.807, 2.05) is 73.7 Å². The predicted octanol–water partition coefficient (Wildman–Crippen LogP) is 4.26. The molecule has 3 aromatic carbocycles. The molecule has 0 unspecified atom stereocenters. The normalized spacial score (nSPS) is 10.8. The molecule has 0 radical (unpaired) electrons. The molecule has 0 aliphatic rings. The Morgan fingerprint density at radius 3 is 2.38 bits per heavy atom. The van der Waals surface area contributed by atoms with Crippen molar-refractivity contribution in [3.05, 3.63) is 95.8 Å². The number of carbonyl (C=O) groups excluding carboxylic acids is 1. The summed E-state index contributed by atoms with van der Waals surface area (Å²) in [4.78, 5) is 17.1. The first kappa shape index (κ1) is 16.1. The van der Waals surface area contributed by atoms with Gasteiger partial charge in [-0.15, -0.1) is 0 Å². The van der Waals surface area contributed by atoms with Gasteiger partial charge in [-0.1, -0.05) is 48.5 Å². The van der Waals surface area contributed by atoms with Crippen molar-refractivity contribution in [3.63, 3.8) is 0 Å². The molecule has 0 atom stereocenters. The molecular weight excluding hydrogens is 322 g/mol. The molecule has 0 spiro atoms. The maximum atomic E-state index is 12.5. The quantitative estimate of drug-likeness (QED) is 0.603.